The van der Waals surface area contributed by atoms with Crippen molar-refractivity contribution in [2.45, 2.75) is 39.4 Å². The topological polar surface area (TPSA) is 80.1 Å². The fourth-order valence-corrected chi connectivity index (χ4v) is 3.88. The molecule has 0 atom stereocenters. The maximum Gasteiger partial charge on any atom is 0.287 e. The van der Waals surface area contributed by atoms with Gasteiger partial charge in [0.2, 0.25) is 0 Å². The van der Waals surface area contributed by atoms with Gasteiger partial charge in [-0.05, 0) is 43.7 Å². The highest BCUT2D eigenvalue weighted by Gasteiger charge is 2.30. The van der Waals surface area contributed by atoms with E-state index in [1.165, 1.54) is 12.1 Å². The Morgan fingerprint density at radius 3 is 2.77 bits per heavy atom. The number of benzene rings is 1. The van der Waals surface area contributed by atoms with Crippen molar-refractivity contribution in [3.05, 3.63) is 82.9 Å². The monoisotopic (exact) mass is 421 g/mol. The second kappa shape index (κ2) is 8.67. The highest BCUT2D eigenvalue weighted by atomic mass is 19.1. The zero-order valence-electron chi connectivity index (χ0n) is 17.5. The van der Waals surface area contributed by atoms with Crippen LogP contribution < -0.4 is 5.32 Å². The number of hydrogen-bond acceptors (Lipinski definition) is 4. The van der Waals surface area contributed by atoms with Crippen LogP contribution in [0.5, 0.6) is 0 Å². The van der Waals surface area contributed by atoms with Gasteiger partial charge in [-0.2, -0.15) is 0 Å². The molecule has 160 valence electrons. The van der Waals surface area contributed by atoms with Crippen molar-refractivity contribution in [1.82, 2.24) is 24.8 Å². The Hall–Kier alpha value is -3.55. The Morgan fingerprint density at radius 2 is 2.06 bits per heavy atom. The fourth-order valence-electron chi connectivity index (χ4n) is 3.88. The third-order valence-electron chi connectivity index (χ3n) is 5.31. The van der Waals surface area contributed by atoms with Gasteiger partial charge in [0.1, 0.15) is 5.82 Å². The number of carbonyl (C=O) groups excluding carboxylic acids is 2. The lowest BCUT2D eigenvalue weighted by Crippen LogP contribution is -2.36. The first-order chi connectivity index (χ1) is 14.9. The SMILES string of the molecule is CC(C)n1c(C(=O)NCc2cccc(F)c2)nc2c1CCN(C(=O)c1cccnc1)C2. The number of fused-ring (bicyclic) bond motifs is 1. The van der Waals surface area contributed by atoms with E-state index in [4.69, 9.17) is 0 Å². The van der Waals surface area contributed by atoms with E-state index in [0.717, 1.165) is 11.4 Å². The summed E-state index contributed by atoms with van der Waals surface area (Å²) in [4.78, 5) is 36.0. The van der Waals surface area contributed by atoms with Crippen LogP contribution in [0, 0.1) is 5.82 Å². The van der Waals surface area contributed by atoms with Crippen molar-refractivity contribution < 1.29 is 14.0 Å². The molecule has 31 heavy (non-hydrogen) atoms. The number of carbonyl (C=O) groups is 2. The Morgan fingerprint density at radius 1 is 1.23 bits per heavy atom. The van der Waals surface area contributed by atoms with Gasteiger partial charge in [-0.3, -0.25) is 14.6 Å². The minimum absolute atomic E-state index is 0.0340. The molecule has 0 bridgehead atoms. The van der Waals surface area contributed by atoms with E-state index in [1.54, 1.807) is 41.6 Å². The van der Waals surface area contributed by atoms with Crippen LogP contribution >= 0.6 is 0 Å². The summed E-state index contributed by atoms with van der Waals surface area (Å²) in [5.74, 6) is -0.455. The predicted octanol–water partition coefficient (Wildman–Crippen LogP) is 3.13. The summed E-state index contributed by atoms with van der Waals surface area (Å²) >= 11 is 0. The van der Waals surface area contributed by atoms with E-state index < -0.39 is 0 Å². The van der Waals surface area contributed by atoms with Crippen molar-refractivity contribution in [1.29, 1.82) is 0 Å². The van der Waals surface area contributed by atoms with Crippen molar-refractivity contribution in [2.75, 3.05) is 6.54 Å². The van der Waals surface area contributed by atoms with Crippen LogP contribution in [0.1, 0.15) is 57.8 Å². The number of halogens is 1. The zero-order chi connectivity index (χ0) is 22.0. The largest absolute Gasteiger partial charge is 0.345 e. The first kappa shape index (κ1) is 20.7. The Kier molecular flexibility index (Phi) is 5.79. The summed E-state index contributed by atoms with van der Waals surface area (Å²) in [7, 11) is 0. The lowest BCUT2D eigenvalue weighted by molar-refractivity contribution is 0.0730. The van der Waals surface area contributed by atoms with Gasteiger partial charge in [0.05, 0.1) is 17.8 Å². The van der Waals surface area contributed by atoms with Crippen LogP contribution in [0.4, 0.5) is 4.39 Å². The van der Waals surface area contributed by atoms with Gasteiger partial charge in [-0.15, -0.1) is 0 Å². The van der Waals surface area contributed by atoms with E-state index >= 15 is 0 Å². The summed E-state index contributed by atoms with van der Waals surface area (Å²) in [5.41, 5.74) is 2.91. The average molecular weight is 421 g/mol. The average Bonchev–Trinajstić information content (AvgIpc) is 3.17. The number of pyridine rings is 1. The molecular formula is C23H24FN5O2. The molecule has 2 amide bonds. The van der Waals surface area contributed by atoms with Crippen molar-refractivity contribution in [2.24, 2.45) is 0 Å². The fraction of sp³-hybridized carbons (Fsp3) is 0.304. The normalized spacial score (nSPS) is 13.2. The minimum atomic E-state index is -0.343. The van der Waals surface area contributed by atoms with Crippen LogP contribution in [-0.2, 0) is 19.5 Å². The molecule has 3 aromatic rings. The van der Waals surface area contributed by atoms with E-state index in [1.807, 2.05) is 18.4 Å². The Bertz CT molecular complexity index is 1110. The summed E-state index contributed by atoms with van der Waals surface area (Å²) in [6.07, 6.45) is 3.80. The second-order valence-corrected chi connectivity index (χ2v) is 7.82. The smallest absolute Gasteiger partial charge is 0.287 e. The quantitative estimate of drug-likeness (QED) is 0.686. The molecule has 0 saturated heterocycles. The number of nitrogens with one attached hydrogen (secondary N) is 1. The molecule has 0 fully saturated rings. The number of nitrogens with zero attached hydrogens (tertiary/aromatic N) is 4. The van der Waals surface area contributed by atoms with Gasteiger partial charge in [-0.25, -0.2) is 9.37 Å². The van der Waals surface area contributed by atoms with Crippen LogP contribution in [0.3, 0.4) is 0 Å². The predicted molar refractivity (Wildman–Crippen MR) is 113 cm³/mol. The number of hydrogen-bond donors (Lipinski definition) is 1. The summed E-state index contributed by atoms with van der Waals surface area (Å²) in [5, 5.41) is 2.83. The highest BCUT2D eigenvalue weighted by molar-refractivity contribution is 5.94. The Balaban J connectivity index is 1.54. The number of imidazole rings is 1. The lowest BCUT2D eigenvalue weighted by Gasteiger charge is -2.27. The second-order valence-electron chi connectivity index (χ2n) is 7.82. The van der Waals surface area contributed by atoms with Gasteiger partial charge in [0.25, 0.3) is 11.8 Å². The molecule has 7 nitrogen and oxygen atoms in total. The maximum absolute atomic E-state index is 13.4. The third kappa shape index (κ3) is 4.33. The first-order valence-corrected chi connectivity index (χ1v) is 10.3. The van der Waals surface area contributed by atoms with Crippen molar-refractivity contribution in [3.63, 3.8) is 0 Å². The van der Waals surface area contributed by atoms with Crippen molar-refractivity contribution >= 4 is 11.8 Å². The number of rotatable bonds is 5. The number of amides is 2. The molecule has 0 aliphatic carbocycles. The molecule has 1 N–H and O–H groups in total. The molecule has 0 spiro atoms. The van der Waals surface area contributed by atoms with E-state index in [9.17, 15) is 14.0 Å². The standard InChI is InChI=1S/C23H24FN5O2/c1-15(2)29-20-8-10-28(23(31)17-6-4-9-25-13-17)14-19(20)27-21(29)22(30)26-12-16-5-3-7-18(24)11-16/h3-7,9,11,13,15H,8,10,12,14H2,1-2H3,(H,26,30). The summed E-state index contributed by atoms with van der Waals surface area (Å²) < 4.78 is 15.3. The summed E-state index contributed by atoms with van der Waals surface area (Å²) in [6.45, 7) is 5.09. The van der Waals surface area contributed by atoms with E-state index in [0.29, 0.717) is 36.5 Å². The van der Waals surface area contributed by atoms with Crippen LogP contribution in [0.2, 0.25) is 0 Å². The van der Waals surface area contributed by atoms with E-state index in [-0.39, 0.29) is 30.2 Å². The maximum atomic E-state index is 13.4. The van der Waals surface area contributed by atoms with E-state index in [2.05, 4.69) is 15.3 Å². The van der Waals surface area contributed by atoms with Gasteiger partial charge >= 0.3 is 0 Å². The molecular weight excluding hydrogens is 397 g/mol. The molecule has 8 heteroatoms. The van der Waals surface area contributed by atoms with Gasteiger partial charge in [0.15, 0.2) is 5.82 Å². The molecule has 3 heterocycles. The molecule has 0 radical (unpaired) electrons. The molecule has 1 aliphatic heterocycles. The van der Waals surface area contributed by atoms with Gasteiger partial charge in [0, 0.05) is 43.6 Å². The molecule has 1 aromatic carbocycles. The summed E-state index contributed by atoms with van der Waals surface area (Å²) in [6, 6.07) is 9.63. The molecule has 0 unspecified atom stereocenters. The molecule has 0 saturated carbocycles. The third-order valence-corrected chi connectivity index (χ3v) is 5.31. The Labute approximate surface area is 179 Å². The molecule has 1 aliphatic rings. The first-order valence-electron chi connectivity index (χ1n) is 10.3. The number of aromatic nitrogens is 3. The highest BCUT2D eigenvalue weighted by Crippen LogP contribution is 2.25. The lowest BCUT2D eigenvalue weighted by atomic mass is 10.1. The van der Waals surface area contributed by atoms with Gasteiger partial charge < -0.3 is 14.8 Å². The minimum Gasteiger partial charge on any atom is -0.345 e. The molecule has 2 aromatic heterocycles. The zero-order valence-corrected chi connectivity index (χ0v) is 17.5. The molecule has 4 rings (SSSR count). The van der Waals surface area contributed by atoms with Crippen LogP contribution in [0.25, 0.3) is 0 Å². The van der Waals surface area contributed by atoms with Crippen molar-refractivity contribution in [3.8, 4) is 0 Å². The van der Waals surface area contributed by atoms with Crippen LogP contribution in [-0.4, -0.2) is 37.8 Å². The van der Waals surface area contributed by atoms with Gasteiger partial charge in [-0.1, -0.05) is 12.1 Å². The van der Waals surface area contributed by atoms with Crippen LogP contribution in [0.15, 0.2) is 48.8 Å².